The first-order valence-corrected chi connectivity index (χ1v) is 7.14. The van der Waals surface area contributed by atoms with Crippen molar-refractivity contribution in [3.8, 4) is 0 Å². The standard InChI is InChI=1S/C15H25N3/c1-10(2)15-13(8-16-11(3)4)9-17-14(18-15)7-12-5-6-12/h9-12,16H,5-8H2,1-4H3. The highest BCUT2D eigenvalue weighted by Crippen LogP contribution is 2.32. The molecule has 1 fully saturated rings. The molecular formula is C15H25N3. The van der Waals surface area contributed by atoms with E-state index in [1.807, 2.05) is 6.20 Å². The summed E-state index contributed by atoms with van der Waals surface area (Å²) in [6.07, 6.45) is 5.81. The van der Waals surface area contributed by atoms with Gasteiger partial charge in [0.2, 0.25) is 0 Å². The predicted octanol–water partition coefficient (Wildman–Crippen LogP) is 3.05. The first kappa shape index (κ1) is 13.5. The monoisotopic (exact) mass is 247 g/mol. The van der Waals surface area contributed by atoms with Crippen LogP contribution in [-0.2, 0) is 13.0 Å². The summed E-state index contributed by atoms with van der Waals surface area (Å²) >= 11 is 0. The van der Waals surface area contributed by atoms with Crippen molar-refractivity contribution in [3.05, 3.63) is 23.3 Å². The molecule has 0 spiro atoms. The number of aromatic nitrogens is 2. The molecule has 0 radical (unpaired) electrons. The van der Waals surface area contributed by atoms with Crippen molar-refractivity contribution >= 4 is 0 Å². The SMILES string of the molecule is CC(C)NCc1cnc(CC2CC2)nc1C(C)C. The molecule has 3 heteroatoms. The maximum atomic E-state index is 4.78. The highest BCUT2D eigenvalue weighted by molar-refractivity contribution is 5.21. The summed E-state index contributed by atoms with van der Waals surface area (Å²) in [5.74, 6) is 2.36. The number of rotatable bonds is 6. The molecule has 1 heterocycles. The Morgan fingerprint density at radius 1 is 1.28 bits per heavy atom. The molecule has 3 nitrogen and oxygen atoms in total. The number of hydrogen-bond acceptors (Lipinski definition) is 3. The van der Waals surface area contributed by atoms with Crippen LogP contribution in [0.15, 0.2) is 6.20 Å². The Bertz CT molecular complexity index is 395. The third-order valence-corrected chi connectivity index (χ3v) is 3.36. The number of nitrogens with one attached hydrogen (secondary N) is 1. The molecule has 0 unspecified atom stereocenters. The largest absolute Gasteiger partial charge is 0.310 e. The van der Waals surface area contributed by atoms with Gasteiger partial charge in [0.15, 0.2) is 0 Å². The Balaban J connectivity index is 2.11. The average Bonchev–Trinajstić information content (AvgIpc) is 3.11. The zero-order valence-electron chi connectivity index (χ0n) is 12.0. The lowest BCUT2D eigenvalue weighted by atomic mass is 10.0. The first-order chi connectivity index (χ1) is 8.56. The lowest BCUT2D eigenvalue weighted by Gasteiger charge is -2.15. The van der Waals surface area contributed by atoms with Crippen molar-refractivity contribution < 1.29 is 0 Å². The highest BCUT2D eigenvalue weighted by Gasteiger charge is 2.23. The van der Waals surface area contributed by atoms with Crippen molar-refractivity contribution in [1.29, 1.82) is 0 Å². The molecule has 1 saturated carbocycles. The van der Waals surface area contributed by atoms with Crippen LogP contribution >= 0.6 is 0 Å². The fourth-order valence-electron chi connectivity index (χ4n) is 2.09. The van der Waals surface area contributed by atoms with Crippen LogP contribution < -0.4 is 5.32 Å². The van der Waals surface area contributed by atoms with Gasteiger partial charge in [0.05, 0.1) is 5.69 Å². The molecule has 100 valence electrons. The van der Waals surface area contributed by atoms with Gasteiger partial charge in [0.25, 0.3) is 0 Å². The Morgan fingerprint density at radius 2 is 2.00 bits per heavy atom. The summed E-state index contributed by atoms with van der Waals surface area (Å²) in [6, 6.07) is 0.496. The van der Waals surface area contributed by atoms with Gasteiger partial charge in [0, 0.05) is 30.8 Å². The van der Waals surface area contributed by atoms with Crippen molar-refractivity contribution in [2.75, 3.05) is 0 Å². The van der Waals surface area contributed by atoms with Crippen LogP contribution in [0.5, 0.6) is 0 Å². The van der Waals surface area contributed by atoms with Gasteiger partial charge < -0.3 is 5.32 Å². The maximum Gasteiger partial charge on any atom is 0.128 e. The van der Waals surface area contributed by atoms with Crippen LogP contribution in [-0.4, -0.2) is 16.0 Å². The van der Waals surface area contributed by atoms with Crippen molar-refractivity contribution in [3.63, 3.8) is 0 Å². The minimum atomic E-state index is 0.468. The van der Waals surface area contributed by atoms with Crippen LogP contribution in [0.1, 0.15) is 63.5 Å². The second-order valence-electron chi connectivity index (χ2n) is 6.03. The molecule has 0 amide bonds. The predicted molar refractivity (Wildman–Crippen MR) is 74.5 cm³/mol. The van der Waals surface area contributed by atoms with E-state index in [2.05, 4.69) is 38.0 Å². The van der Waals surface area contributed by atoms with E-state index in [-0.39, 0.29) is 0 Å². The third kappa shape index (κ3) is 3.77. The fraction of sp³-hybridized carbons (Fsp3) is 0.733. The molecule has 1 N–H and O–H groups in total. The van der Waals surface area contributed by atoms with Crippen molar-refractivity contribution in [2.24, 2.45) is 5.92 Å². The van der Waals surface area contributed by atoms with E-state index in [1.54, 1.807) is 0 Å². The van der Waals surface area contributed by atoms with E-state index in [0.29, 0.717) is 12.0 Å². The molecule has 0 saturated heterocycles. The molecule has 1 aliphatic carbocycles. The van der Waals surface area contributed by atoms with Crippen molar-refractivity contribution in [2.45, 2.75) is 65.5 Å². The molecule has 0 aliphatic heterocycles. The summed E-state index contributed by atoms with van der Waals surface area (Å²) in [7, 11) is 0. The minimum Gasteiger partial charge on any atom is -0.310 e. The summed E-state index contributed by atoms with van der Waals surface area (Å²) in [4.78, 5) is 9.31. The second kappa shape index (κ2) is 5.79. The molecule has 0 aromatic carbocycles. The molecule has 2 rings (SSSR count). The van der Waals surface area contributed by atoms with E-state index in [4.69, 9.17) is 4.98 Å². The summed E-state index contributed by atoms with van der Waals surface area (Å²) in [5, 5.41) is 3.45. The number of hydrogen-bond donors (Lipinski definition) is 1. The van der Waals surface area contributed by atoms with E-state index in [9.17, 15) is 0 Å². The normalized spacial score (nSPS) is 15.7. The Labute approximate surface area is 110 Å². The lowest BCUT2D eigenvalue weighted by molar-refractivity contribution is 0.578. The van der Waals surface area contributed by atoms with Gasteiger partial charge in [0.1, 0.15) is 5.82 Å². The molecule has 1 aromatic heterocycles. The van der Waals surface area contributed by atoms with Gasteiger partial charge in [-0.3, -0.25) is 0 Å². The van der Waals surface area contributed by atoms with Crippen LogP contribution in [0.2, 0.25) is 0 Å². The maximum absolute atomic E-state index is 4.78. The van der Waals surface area contributed by atoms with Gasteiger partial charge in [-0.05, 0) is 24.7 Å². The lowest BCUT2D eigenvalue weighted by Crippen LogP contribution is -2.23. The molecule has 0 bridgehead atoms. The molecule has 1 aromatic rings. The van der Waals surface area contributed by atoms with E-state index < -0.39 is 0 Å². The molecule has 0 atom stereocenters. The van der Waals surface area contributed by atoms with Gasteiger partial charge in [-0.25, -0.2) is 9.97 Å². The quantitative estimate of drug-likeness (QED) is 0.839. The van der Waals surface area contributed by atoms with Gasteiger partial charge in [-0.1, -0.05) is 27.7 Å². The van der Waals surface area contributed by atoms with Gasteiger partial charge >= 0.3 is 0 Å². The van der Waals surface area contributed by atoms with Crippen molar-refractivity contribution in [1.82, 2.24) is 15.3 Å². The molecule has 18 heavy (non-hydrogen) atoms. The molecule has 1 aliphatic rings. The smallest absolute Gasteiger partial charge is 0.128 e. The van der Waals surface area contributed by atoms with E-state index in [0.717, 1.165) is 24.7 Å². The summed E-state index contributed by atoms with van der Waals surface area (Å²) in [5.41, 5.74) is 2.46. The Morgan fingerprint density at radius 3 is 2.56 bits per heavy atom. The Hall–Kier alpha value is -0.960. The average molecular weight is 247 g/mol. The minimum absolute atomic E-state index is 0.468. The zero-order valence-corrected chi connectivity index (χ0v) is 12.0. The highest BCUT2D eigenvalue weighted by atomic mass is 14.9. The first-order valence-electron chi connectivity index (χ1n) is 7.14. The Kier molecular flexibility index (Phi) is 4.33. The van der Waals surface area contributed by atoms with E-state index >= 15 is 0 Å². The second-order valence-corrected chi connectivity index (χ2v) is 6.03. The van der Waals surface area contributed by atoms with E-state index in [1.165, 1.54) is 24.1 Å². The topological polar surface area (TPSA) is 37.8 Å². The fourth-order valence-corrected chi connectivity index (χ4v) is 2.09. The van der Waals surface area contributed by atoms with Gasteiger partial charge in [-0.15, -0.1) is 0 Å². The van der Waals surface area contributed by atoms with Crippen LogP contribution in [0, 0.1) is 5.92 Å². The van der Waals surface area contributed by atoms with Crippen LogP contribution in [0.4, 0.5) is 0 Å². The summed E-state index contributed by atoms with van der Waals surface area (Å²) < 4.78 is 0. The third-order valence-electron chi connectivity index (χ3n) is 3.36. The van der Waals surface area contributed by atoms with Crippen LogP contribution in [0.3, 0.4) is 0 Å². The summed E-state index contributed by atoms with van der Waals surface area (Å²) in [6.45, 7) is 9.62. The van der Waals surface area contributed by atoms with Gasteiger partial charge in [-0.2, -0.15) is 0 Å². The van der Waals surface area contributed by atoms with Crippen LogP contribution in [0.25, 0.3) is 0 Å². The number of nitrogens with zero attached hydrogens (tertiary/aromatic N) is 2. The molecular weight excluding hydrogens is 222 g/mol. The zero-order chi connectivity index (χ0) is 13.1.